The zero-order valence-electron chi connectivity index (χ0n) is 77.3. The number of methoxy groups -OCH3 is 1. The van der Waals surface area contributed by atoms with Crippen molar-refractivity contribution in [3.8, 4) is 6.07 Å². The third kappa shape index (κ3) is 19.0. The van der Waals surface area contributed by atoms with Crippen molar-refractivity contribution in [1.29, 1.82) is 5.26 Å². The van der Waals surface area contributed by atoms with Gasteiger partial charge in [-0.05, 0) is 344 Å². The second kappa shape index (κ2) is 40.1. The van der Waals surface area contributed by atoms with E-state index in [2.05, 4.69) is 99.0 Å². The summed E-state index contributed by atoms with van der Waals surface area (Å²) >= 11 is 0. The van der Waals surface area contributed by atoms with Crippen molar-refractivity contribution in [2.24, 2.45) is 249 Å². The van der Waals surface area contributed by atoms with Gasteiger partial charge in [0.05, 0.1) is 43.5 Å². The summed E-state index contributed by atoms with van der Waals surface area (Å²) in [5.41, 5.74) is -0.338. The van der Waals surface area contributed by atoms with Crippen molar-refractivity contribution in [1.82, 2.24) is 16.0 Å². The highest BCUT2D eigenvalue weighted by atomic mass is 16.7. The molecule has 42 atom stereocenters. The number of hydrogen-bond acceptors (Lipinski definition) is 20. The molecule has 18 fully saturated rings. The Bertz CT molecular complexity index is 3690. The maximum atomic E-state index is 12.6. The molecule has 0 aromatic rings. The van der Waals surface area contributed by atoms with Gasteiger partial charge in [0.15, 0.2) is 13.6 Å². The molecule has 0 saturated heterocycles. The fourth-order valence-electron chi connectivity index (χ4n) is 31.9. The van der Waals surface area contributed by atoms with Gasteiger partial charge >= 0.3 is 35.8 Å². The van der Waals surface area contributed by atoms with Gasteiger partial charge in [0.1, 0.15) is 45.1 Å². The van der Waals surface area contributed by atoms with Gasteiger partial charge in [0.2, 0.25) is 17.7 Å². The molecule has 23 heteroatoms. The van der Waals surface area contributed by atoms with Gasteiger partial charge in [-0.25, -0.2) is 0 Å². The van der Waals surface area contributed by atoms with Crippen LogP contribution in [-0.2, 0) is 85.8 Å². The average molecular weight is 1710 g/mol. The zero-order valence-corrected chi connectivity index (χ0v) is 77.3. The first-order chi connectivity index (χ1) is 58.2. The number of carbonyl (C=O) groups excluding carboxylic acids is 9. The Hall–Kier alpha value is -5.44. The fourth-order valence-corrected chi connectivity index (χ4v) is 31.9. The molecule has 122 heavy (non-hydrogen) atoms. The molecule has 0 aliphatic heterocycles. The van der Waals surface area contributed by atoms with E-state index >= 15 is 0 Å². The van der Waals surface area contributed by atoms with Crippen LogP contribution in [0.3, 0.4) is 0 Å². The lowest BCUT2D eigenvalue weighted by atomic mass is 9.62. The monoisotopic (exact) mass is 1710 g/mol. The van der Waals surface area contributed by atoms with Crippen LogP contribution in [0.25, 0.3) is 0 Å². The number of nitriles is 1. The Labute approximate surface area is 729 Å². The number of carbonyl (C=O) groups is 9. The molecule has 0 aromatic carbocycles. The highest BCUT2D eigenvalue weighted by molar-refractivity contribution is 5.86. The van der Waals surface area contributed by atoms with E-state index in [0.29, 0.717) is 103 Å². The summed E-state index contributed by atoms with van der Waals surface area (Å²) in [5.74, 6) is 27.2. The Balaban J connectivity index is 0.000000126. The quantitative estimate of drug-likeness (QED) is 0.0217. The summed E-state index contributed by atoms with van der Waals surface area (Å²) in [6.45, 7) is 39.8. The highest BCUT2D eigenvalue weighted by Crippen LogP contribution is 2.75. The van der Waals surface area contributed by atoms with Crippen LogP contribution in [0.4, 0.5) is 0 Å². The first-order valence-electron chi connectivity index (χ1n) is 48.6. The van der Waals surface area contributed by atoms with Crippen molar-refractivity contribution in [2.45, 2.75) is 226 Å². The molecule has 18 aliphatic carbocycles. The molecule has 18 bridgehead atoms. The molecule has 3 amide bonds. The van der Waals surface area contributed by atoms with E-state index in [1.54, 1.807) is 7.11 Å². The third-order valence-electron chi connectivity index (χ3n) is 38.1. The molecule has 0 spiro atoms. The number of nitrogens with zero attached hydrogens (tertiary/aromatic N) is 1. The van der Waals surface area contributed by atoms with Gasteiger partial charge in [0, 0.05) is 38.1 Å². The van der Waals surface area contributed by atoms with Gasteiger partial charge in [0.25, 0.3) is 0 Å². The van der Waals surface area contributed by atoms with Gasteiger partial charge < -0.3 is 63.7 Å². The van der Waals surface area contributed by atoms with Crippen LogP contribution in [0.2, 0.25) is 0 Å². The molecule has 42 unspecified atom stereocenters. The van der Waals surface area contributed by atoms with Crippen molar-refractivity contribution in [3.05, 3.63) is 0 Å². The summed E-state index contributed by atoms with van der Waals surface area (Å²) in [4.78, 5) is 108. The molecule has 18 aliphatic rings. The zero-order chi connectivity index (χ0) is 87.9. The standard InChI is InChI=1S/C19H30O2.C18H28O3.C17H26O3.C16H27NO4.C15H22N2O3.C14H23NO4/c1-9-10(2)13-8-12(9)16-11-6-14(17(13)16)15(7-11)18(20)21-19(3,4)5;1-4-20-8-21-18(19)15-6-11-5-14(15)17-13-7-12(16(11)17)9(2)10(13)3;1-8-9(2)12-6-11(8)15-10-4-13(16(12)15)14(5-10)17(18)20-7-19-3;1-4-20-5-6-21-15(18)9-17-16(19)14-8-12-7-13(14)11(3)10(12)2;1-9-10(2)12-6-11(9)7-13(12)15(19)17-8-14(18)20-5-3-4-16;1-8-9(2)11-5-10(8)6-12(11)14(18)15-7-13(17)19-4-3-16/h9-17H,6-8H2,1-5H3;9-17H,4-8H2,1-3H3;8-16H,4-7H2,1-3H3;10-14H,4-9H2,1-3H3,(H,17,19);9-13H,3,5-8H2,1-2H3,(H,17,19);8-12,16H,3-7H2,1-2H3,(H,15,18). The van der Waals surface area contributed by atoms with Gasteiger partial charge in [-0.3, -0.25) is 43.2 Å². The van der Waals surface area contributed by atoms with Gasteiger partial charge in [-0.1, -0.05) is 83.1 Å². The Kier molecular flexibility index (Phi) is 30.9. The first kappa shape index (κ1) is 94.2. The van der Waals surface area contributed by atoms with Gasteiger partial charge in [-0.2, -0.15) is 5.26 Å². The number of nitrogens with one attached hydrogen (secondary N) is 3. The minimum atomic E-state index is -0.494. The molecule has 18 rings (SSSR count). The summed E-state index contributed by atoms with van der Waals surface area (Å²) in [7, 11) is 1.57. The number of ether oxygens (including phenoxy) is 9. The maximum absolute atomic E-state index is 12.6. The summed E-state index contributed by atoms with van der Waals surface area (Å²) < 4.78 is 45.9. The van der Waals surface area contributed by atoms with E-state index in [0.717, 1.165) is 182 Å². The molecule has 18 saturated carbocycles. The molecule has 0 heterocycles. The summed E-state index contributed by atoms with van der Waals surface area (Å²) in [6.07, 6.45) is 18.0. The summed E-state index contributed by atoms with van der Waals surface area (Å²) in [5, 5.41) is 24.9. The topological polar surface area (TPSA) is 317 Å². The minimum absolute atomic E-state index is 0.00118. The van der Waals surface area contributed by atoms with Crippen LogP contribution < -0.4 is 16.0 Å². The Morgan fingerprint density at radius 3 is 0.951 bits per heavy atom. The maximum Gasteiger partial charge on any atom is 0.325 e. The van der Waals surface area contributed by atoms with Crippen molar-refractivity contribution in [2.75, 3.05) is 86.6 Å². The number of aliphatic hydroxyl groups is 1. The number of fused-ring (bicyclic) bond motifs is 33. The molecule has 686 valence electrons. The second-order valence-corrected chi connectivity index (χ2v) is 43.6. The molecular weight excluding hydrogens is 1550 g/mol. The molecule has 4 N–H and O–H groups in total. The van der Waals surface area contributed by atoms with Crippen LogP contribution in [0, 0.1) is 260 Å². The summed E-state index contributed by atoms with van der Waals surface area (Å²) in [6, 6.07) is 1.90. The smallest absolute Gasteiger partial charge is 0.325 e. The lowest BCUT2D eigenvalue weighted by Crippen LogP contribution is -2.42. The highest BCUT2D eigenvalue weighted by Gasteiger charge is 2.70. The minimum Gasteiger partial charge on any atom is -0.463 e. The van der Waals surface area contributed by atoms with Crippen molar-refractivity contribution in [3.63, 3.8) is 0 Å². The molecule has 0 radical (unpaired) electrons. The van der Waals surface area contributed by atoms with E-state index in [1.807, 2.05) is 40.7 Å². The van der Waals surface area contributed by atoms with E-state index in [4.69, 9.17) is 53.0 Å². The van der Waals surface area contributed by atoms with Crippen molar-refractivity contribution >= 4 is 53.5 Å². The number of hydrogen-bond donors (Lipinski definition) is 4. The van der Waals surface area contributed by atoms with E-state index < -0.39 is 17.9 Å². The van der Waals surface area contributed by atoms with Crippen LogP contribution in [0.5, 0.6) is 0 Å². The third-order valence-corrected chi connectivity index (χ3v) is 38.1. The predicted molar refractivity (Wildman–Crippen MR) is 456 cm³/mol. The van der Waals surface area contributed by atoms with E-state index in [9.17, 15) is 43.2 Å². The van der Waals surface area contributed by atoms with Crippen LogP contribution in [0.15, 0.2) is 0 Å². The van der Waals surface area contributed by atoms with E-state index in [1.165, 1.54) is 44.9 Å². The number of amides is 3. The molecule has 23 nitrogen and oxygen atoms in total. The largest absolute Gasteiger partial charge is 0.463 e. The Morgan fingerprint density at radius 1 is 0.336 bits per heavy atom. The second-order valence-electron chi connectivity index (χ2n) is 43.6. The van der Waals surface area contributed by atoms with Crippen LogP contribution in [-0.4, -0.2) is 151 Å². The number of esters is 6. The van der Waals surface area contributed by atoms with Crippen LogP contribution >= 0.6 is 0 Å². The Morgan fingerprint density at radius 2 is 0.639 bits per heavy atom. The number of aliphatic hydroxyl groups excluding tert-OH is 1. The van der Waals surface area contributed by atoms with Crippen LogP contribution in [0.1, 0.15) is 220 Å². The lowest BCUT2D eigenvalue weighted by Gasteiger charge is -2.43. The molecule has 0 aromatic heterocycles. The lowest BCUT2D eigenvalue weighted by molar-refractivity contribution is -0.165. The SMILES string of the molecule is CC1C(C)C2CC1C1C3CC(C(=O)OC(C)(C)C)C(C3)C21.CC1C2CC(C(=O)NCC(=O)OCCC#N)C(C2)C1C.CC1C2CC(C(=O)NCC(=O)OCCO)C(C2)C1C.CCOCCOC(=O)CNC(=O)C1CC2CC1C(C)C2C.CCOCOC(=O)C1CC2CC1C1C3CC(C(C)C3C)C21.COCOC(=O)C1CC2CC1C1C3CC(C(C)C3C)C21. The predicted octanol–water partition coefficient (Wildman–Crippen LogP) is 14.1. The first-order valence-corrected chi connectivity index (χ1v) is 48.6. The fraction of sp³-hybridized carbons (Fsp3) is 0.899. The number of rotatable bonds is 25. The molecular formula is C99H156N4O19. The van der Waals surface area contributed by atoms with E-state index in [-0.39, 0.29) is 143 Å². The van der Waals surface area contributed by atoms with Crippen molar-refractivity contribution < 1.29 is 90.9 Å². The van der Waals surface area contributed by atoms with Gasteiger partial charge in [-0.15, -0.1) is 0 Å². The normalized spacial score (nSPS) is 44.7. The average Bonchev–Trinajstić information content (AvgIpc) is 1.54.